The number of para-hydroxylation sites is 1. The fraction of sp³-hybridized carbons (Fsp3) is 0.500. The maximum atomic E-state index is 4.84. The number of aromatic nitrogens is 2. The Morgan fingerprint density at radius 1 is 1.13 bits per heavy atom. The average Bonchev–Trinajstić information content (AvgIpc) is 3.43. The van der Waals surface area contributed by atoms with Gasteiger partial charge in [-0.2, -0.15) is 0 Å². The molecule has 1 aromatic carbocycles. The SMILES string of the molecule is C[C@@H]1Cc2c([nH]c3ccccc23)[C@@H](c2ccc(NC3CNC3)nc2)N1C12CCC(C1)C2. The van der Waals surface area contributed by atoms with Crippen molar-refractivity contribution in [3.8, 4) is 0 Å². The van der Waals surface area contributed by atoms with Crippen molar-refractivity contribution in [1.82, 2.24) is 20.2 Å². The smallest absolute Gasteiger partial charge is 0.126 e. The van der Waals surface area contributed by atoms with Gasteiger partial charge in [-0.15, -0.1) is 0 Å². The van der Waals surface area contributed by atoms with E-state index in [9.17, 15) is 0 Å². The molecule has 4 fully saturated rings. The summed E-state index contributed by atoms with van der Waals surface area (Å²) in [5.74, 6) is 1.95. The van der Waals surface area contributed by atoms with E-state index in [2.05, 4.69) is 70.0 Å². The molecule has 1 saturated heterocycles. The van der Waals surface area contributed by atoms with E-state index < -0.39 is 0 Å². The topological polar surface area (TPSA) is 56.0 Å². The molecule has 2 aliphatic heterocycles. The first kappa shape index (κ1) is 18.2. The highest BCUT2D eigenvalue weighted by Gasteiger charge is 2.58. The van der Waals surface area contributed by atoms with Crippen LogP contribution in [0.2, 0.25) is 0 Å². The number of pyridine rings is 1. The van der Waals surface area contributed by atoms with Gasteiger partial charge in [-0.3, -0.25) is 4.90 Å². The van der Waals surface area contributed by atoms with Crippen LogP contribution in [0.15, 0.2) is 42.6 Å². The number of benzene rings is 1. The van der Waals surface area contributed by atoms with Gasteiger partial charge in [0.2, 0.25) is 0 Å². The highest BCUT2D eigenvalue weighted by Crippen LogP contribution is 2.60. The van der Waals surface area contributed by atoms with Gasteiger partial charge in [-0.1, -0.05) is 24.3 Å². The van der Waals surface area contributed by atoms with Crippen molar-refractivity contribution in [2.45, 2.75) is 62.7 Å². The van der Waals surface area contributed by atoms with Crippen molar-refractivity contribution >= 4 is 16.7 Å². The van der Waals surface area contributed by atoms with Gasteiger partial charge in [0, 0.05) is 47.5 Å². The standard InChI is InChI=1S/C26H31N5/c1-16-10-21-20-4-2-3-5-22(20)30-24(21)25(31(16)26-9-8-17(11-26)12-26)18-6-7-23(28-13-18)29-19-14-27-15-19/h2-7,13,16-17,19,25,27,30H,8-12,14-15H2,1H3,(H,28,29)/t16-,17?,25-,26?/m1/s1. The van der Waals surface area contributed by atoms with Crippen LogP contribution in [0.3, 0.4) is 0 Å². The normalized spacial score (nSPS) is 32.5. The summed E-state index contributed by atoms with van der Waals surface area (Å²) in [7, 11) is 0. The molecule has 5 nitrogen and oxygen atoms in total. The van der Waals surface area contributed by atoms with Crippen LogP contribution in [-0.2, 0) is 6.42 Å². The van der Waals surface area contributed by atoms with Crippen molar-refractivity contribution in [1.29, 1.82) is 0 Å². The maximum Gasteiger partial charge on any atom is 0.126 e. The molecule has 31 heavy (non-hydrogen) atoms. The minimum absolute atomic E-state index is 0.261. The molecule has 0 amide bonds. The molecule has 5 aliphatic rings. The van der Waals surface area contributed by atoms with Crippen LogP contribution >= 0.6 is 0 Å². The van der Waals surface area contributed by atoms with Gasteiger partial charge in [-0.25, -0.2) is 4.98 Å². The van der Waals surface area contributed by atoms with E-state index in [1.54, 1.807) is 0 Å². The van der Waals surface area contributed by atoms with E-state index in [0.29, 0.717) is 17.6 Å². The molecule has 0 spiro atoms. The lowest BCUT2D eigenvalue weighted by Crippen LogP contribution is -2.59. The van der Waals surface area contributed by atoms with Crippen molar-refractivity contribution < 1.29 is 0 Å². The molecule has 0 unspecified atom stereocenters. The van der Waals surface area contributed by atoms with Crippen LogP contribution in [0.25, 0.3) is 10.9 Å². The Labute approximate surface area is 183 Å². The number of rotatable bonds is 4. The summed E-state index contributed by atoms with van der Waals surface area (Å²) >= 11 is 0. The molecule has 3 aromatic rings. The van der Waals surface area contributed by atoms with E-state index in [0.717, 1.165) is 31.2 Å². The Morgan fingerprint density at radius 3 is 2.71 bits per heavy atom. The summed E-state index contributed by atoms with van der Waals surface area (Å²) in [6.45, 7) is 4.50. The van der Waals surface area contributed by atoms with Gasteiger partial charge in [0.25, 0.3) is 0 Å². The second kappa shape index (κ2) is 6.57. The van der Waals surface area contributed by atoms with E-state index in [1.165, 1.54) is 53.4 Å². The monoisotopic (exact) mass is 413 g/mol. The van der Waals surface area contributed by atoms with E-state index >= 15 is 0 Å². The Hall–Kier alpha value is -2.37. The first-order chi connectivity index (χ1) is 15.2. The van der Waals surface area contributed by atoms with Crippen LogP contribution in [0.1, 0.15) is 55.5 Å². The number of fused-ring (bicyclic) bond motifs is 4. The van der Waals surface area contributed by atoms with Crippen LogP contribution in [-0.4, -0.2) is 45.6 Å². The fourth-order valence-electron chi connectivity index (χ4n) is 7.02. The van der Waals surface area contributed by atoms with Crippen LogP contribution < -0.4 is 10.6 Å². The third kappa shape index (κ3) is 2.66. The largest absolute Gasteiger partial charge is 0.365 e. The van der Waals surface area contributed by atoms with Gasteiger partial charge in [0.05, 0.1) is 12.1 Å². The molecular weight excluding hydrogens is 382 g/mol. The first-order valence-corrected chi connectivity index (χ1v) is 12.0. The van der Waals surface area contributed by atoms with Crippen LogP contribution in [0.4, 0.5) is 5.82 Å². The molecule has 3 N–H and O–H groups in total. The molecule has 4 heterocycles. The molecular formula is C26H31N5. The first-order valence-electron chi connectivity index (χ1n) is 12.0. The minimum atomic E-state index is 0.261. The fourth-order valence-corrected chi connectivity index (χ4v) is 7.02. The Balaban J connectivity index is 1.33. The second-order valence-corrected chi connectivity index (χ2v) is 10.4. The van der Waals surface area contributed by atoms with Crippen molar-refractivity contribution in [3.63, 3.8) is 0 Å². The maximum absolute atomic E-state index is 4.84. The molecule has 2 atom stereocenters. The van der Waals surface area contributed by atoms with Gasteiger partial charge < -0.3 is 15.6 Å². The molecule has 2 bridgehead atoms. The summed E-state index contributed by atoms with van der Waals surface area (Å²) < 4.78 is 0. The minimum Gasteiger partial charge on any atom is -0.365 e. The zero-order chi connectivity index (χ0) is 20.6. The van der Waals surface area contributed by atoms with Crippen LogP contribution in [0, 0.1) is 5.92 Å². The number of nitrogens with one attached hydrogen (secondary N) is 3. The number of aromatic amines is 1. The third-order valence-electron chi connectivity index (χ3n) is 8.51. The predicted molar refractivity (Wildman–Crippen MR) is 124 cm³/mol. The van der Waals surface area contributed by atoms with Gasteiger partial charge in [0.1, 0.15) is 5.82 Å². The second-order valence-electron chi connectivity index (χ2n) is 10.4. The lowest BCUT2D eigenvalue weighted by molar-refractivity contribution is -0.0340. The molecule has 160 valence electrons. The summed E-state index contributed by atoms with van der Waals surface area (Å²) in [4.78, 5) is 11.6. The summed E-state index contributed by atoms with van der Waals surface area (Å²) in [6, 6.07) is 14.6. The summed E-state index contributed by atoms with van der Waals surface area (Å²) in [5, 5.41) is 8.26. The third-order valence-corrected chi connectivity index (χ3v) is 8.51. The highest BCUT2D eigenvalue weighted by atomic mass is 15.3. The zero-order valence-electron chi connectivity index (χ0n) is 18.2. The van der Waals surface area contributed by atoms with Crippen molar-refractivity contribution in [3.05, 3.63) is 59.4 Å². The lowest BCUT2D eigenvalue weighted by Gasteiger charge is -2.55. The Bertz CT molecular complexity index is 1120. The summed E-state index contributed by atoms with van der Waals surface area (Å²) in [5.41, 5.74) is 5.89. The quantitative estimate of drug-likeness (QED) is 0.599. The average molecular weight is 414 g/mol. The number of nitrogens with zero attached hydrogens (tertiary/aromatic N) is 2. The summed E-state index contributed by atoms with van der Waals surface area (Å²) in [6.07, 6.45) is 8.78. The van der Waals surface area contributed by atoms with Crippen LogP contribution in [0.5, 0.6) is 0 Å². The van der Waals surface area contributed by atoms with Crippen molar-refractivity contribution in [2.75, 3.05) is 18.4 Å². The van der Waals surface area contributed by atoms with E-state index in [4.69, 9.17) is 4.98 Å². The Morgan fingerprint density at radius 2 is 2.00 bits per heavy atom. The van der Waals surface area contributed by atoms with Gasteiger partial charge in [0.15, 0.2) is 0 Å². The number of H-pyrrole nitrogens is 1. The molecule has 5 heteroatoms. The van der Waals surface area contributed by atoms with Gasteiger partial charge >= 0.3 is 0 Å². The molecule has 0 radical (unpaired) electrons. The molecule has 8 rings (SSSR count). The van der Waals surface area contributed by atoms with E-state index in [-0.39, 0.29) is 6.04 Å². The molecule has 3 aliphatic carbocycles. The number of hydrogen-bond acceptors (Lipinski definition) is 4. The zero-order valence-corrected chi connectivity index (χ0v) is 18.2. The highest BCUT2D eigenvalue weighted by molar-refractivity contribution is 5.85. The Kier molecular flexibility index (Phi) is 3.86. The number of anilines is 1. The predicted octanol–water partition coefficient (Wildman–Crippen LogP) is 4.23. The molecule has 2 aromatic heterocycles. The molecule has 3 saturated carbocycles. The van der Waals surface area contributed by atoms with Crippen molar-refractivity contribution in [2.24, 2.45) is 5.92 Å². The van der Waals surface area contributed by atoms with Gasteiger partial charge in [-0.05, 0) is 68.2 Å². The lowest BCUT2D eigenvalue weighted by atomic mass is 9.72. The number of hydrogen-bond donors (Lipinski definition) is 3. The van der Waals surface area contributed by atoms with E-state index in [1.807, 2.05) is 0 Å².